The number of benzene rings is 4. The van der Waals surface area contributed by atoms with Crippen molar-refractivity contribution in [1.82, 2.24) is 0 Å². The molecule has 206 valence electrons. The van der Waals surface area contributed by atoms with Crippen LogP contribution in [0.25, 0.3) is 38.7 Å². The van der Waals surface area contributed by atoms with Crippen LogP contribution in [0.2, 0.25) is 0 Å². The fourth-order valence-corrected chi connectivity index (χ4v) is 4.11. The van der Waals surface area contributed by atoms with E-state index in [0.717, 1.165) is 27.1 Å². The molecular formula is C34H34O6. The summed E-state index contributed by atoms with van der Waals surface area (Å²) in [6.07, 6.45) is 3.03. The molecule has 0 aliphatic heterocycles. The lowest BCUT2D eigenvalue weighted by atomic mass is 9.91. The van der Waals surface area contributed by atoms with E-state index >= 15 is 0 Å². The van der Waals surface area contributed by atoms with Gasteiger partial charge in [0, 0.05) is 17.2 Å². The molecule has 40 heavy (non-hydrogen) atoms. The molecule has 0 aliphatic rings. The Balaban J connectivity index is 2.04. The Morgan fingerprint density at radius 3 is 1.73 bits per heavy atom. The number of rotatable bonds is 5. The molecule has 6 heteroatoms. The first-order valence-electron chi connectivity index (χ1n) is 13.1. The summed E-state index contributed by atoms with van der Waals surface area (Å²) in [4.78, 5) is 37.8. The standard InChI is InChI=1S/C34H34O6/c1-33(2,3)31(36)39-26-17-14-22-10-8-9-11-24(22)29(26)30-25-16-12-21(13-19-28(35)38-7)20-23(25)15-18-27(30)40-32(37)34(4,5)6/h8-20H,1-7H3/b19-13+. The highest BCUT2D eigenvalue weighted by Crippen LogP contribution is 2.46. The molecule has 4 aromatic rings. The summed E-state index contributed by atoms with van der Waals surface area (Å²) < 4.78 is 16.7. The highest BCUT2D eigenvalue weighted by atomic mass is 16.5. The van der Waals surface area contributed by atoms with Crippen LogP contribution in [0.15, 0.2) is 72.8 Å². The number of esters is 3. The van der Waals surface area contributed by atoms with Gasteiger partial charge in [-0.1, -0.05) is 48.5 Å². The van der Waals surface area contributed by atoms with E-state index in [2.05, 4.69) is 0 Å². The number of fused-ring (bicyclic) bond motifs is 2. The fourth-order valence-electron chi connectivity index (χ4n) is 4.11. The number of carbonyl (C=O) groups excluding carboxylic acids is 3. The number of hydrogen-bond acceptors (Lipinski definition) is 6. The molecule has 0 amide bonds. The molecule has 0 atom stereocenters. The van der Waals surface area contributed by atoms with E-state index in [1.165, 1.54) is 13.2 Å². The average Bonchev–Trinajstić information content (AvgIpc) is 2.90. The quantitative estimate of drug-likeness (QED) is 0.147. The summed E-state index contributed by atoms with van der Waals surface area (Å²) in [6, 6.07) is 20.8. The zero-order chi connectivity index (χ0) is 29.2. The minimum atomic E-state index is -0.741. The van der Waals surface area contributed by atoms with Gasteiger partial charge in [0.1, 0.15) is 11.5 Å². The molecule has 0 spiro atoms. The van der Waals surface area contributed by atoms with E-state index in [4.69, 9.17) is 14.2 Å². The fraction of sp³-hybridized carbons (Fsp3) is 0.265. The Morgan fingerprint density at radius 1 is 0.650 bits per heavy atom. The molecular weight excluding hydrogens is 504 g/mol. The maximum atomic E-state index is 13.1. The molecule has 0 bridgehead atoms. The van der Waals surface area contributed by atoms with Crippen molar-refractivity contribution in [2.24, 2.45) is 10.8 Å². The van der Waals surface area contributed by atoms with Crippen molar-refractivity contribution < 1.29 is 28.6 Å². The van der Waals surface area contributed by atoms with E-state index < -0.39 is 16.8 Å². The van der Waals surface area contributed by atoms with Gasteiger partial charge in [-0.05, 0) is 92.9 Å². The van der Waals surface area contributed by atoms with Crippen molar-refractivity contribution in [2.45, 2.75) is 41.5 Å². The third-order valence-electron chi connectivity index (χ3n) is 6.39. The van der Waals surface area contributed by atoms with Crippen LogP contribution in [0.5, 0.6) is 11.5 Å². The normalized spacial score (nSPS) is 12.1. The molecule has 0 heterocycles. The summed E-state index contributed by atoms with van der Waals surface area (Å²) in [5.41, 5.74) is 0.600. The summed E-state index contributed by atoms with van der Waals surface area (Å²) >= 11 is 0. The van der Waals surface area contributed by atoms with Gasteiger partial charge in [0.2, 0.25) is 0 Å². The van der Waals surface area contributed by atoms with E-state index in [9.17, 15) is 14.4 Å². The summed E-state index contributed by atoms with van der Waals surface area (Å²) in [5.74, 6) is -0.498. The highest BCUT2D eigenvalue weighted by molar-refractivity contribution is 6.11. The highest BCUT2D eigenvalue weighted by Gasteiger charge is 2.29. The minimum Gasteiger partial charge on any atom is -0.466 e. The van der Waals surface area contributed by atoms with Gasteiger partial charge in [-0.15, -0.1) is 0 Å². The van der Waals surface area contributed by atoms with Crippen molar-refractivity contribution in [1.29, 1.82) is 0 Å². The molecule has 0 N–H and O–H groups in total. The Labute approximate surface area is 234 Å². The molecule has 0 saturated heterocycles. The predicted molar refractivity (Wildman–Crippen MR) is 158 cm³/mol. The molecule has 0 saturated carbocycles. The number of carbonyl (C=O) groups is 3. The largest absolute Gasteiger partial charge is 0.466 e. The van der Waals surface area contributed by atoms with E-state index in [-0.39, 0.29) is 11.9 Å². The first-order valence-corrected chi connectivity index (χ1v) is 13.1. The van der Waals surface area contributed by atoms with E-state index in [0.29, 0.717) is 22.6 Å². The van der Waals surface area contributed by atoms with Crippen LogP contribution in [0.3, 0.4) is 0 Å². The topological polar surface area (TPSA) is 78.9 Å². The Bertz CT molecular complexity index is 1650. The second-order valence-electron chi connectivity index (χ2n) is 11.7. The minimum absolute atomic E-state index is 0.356. The molecule has 4 rings (SSSR count). The molecule has 0 aliphatic carbocycles. The SMILES string of the molecule is COC(=O)/C=C/c1ccc2c(-c3c(OC(=O)C(C)(C)C)ccc4ccccc34)c(OC(=O)C(C)(C)C)ccc2c1. The van der Waals surface area contributed by atoms with E-state index in [1.807, 2.05) is 54.6 Å². The van der Waals surface area contributed by atoms with Gasteiger partial charge in [-0.2, -0.15) is 0 Å². The molecule has 0 aromatic heterocycles. The molecule has 0 radical (unpaired) electrons. The van der Waals surface area contributed by atoms with Crippen LogP contribution in [0, 0.1) is 10.8 Å². The number of hydrogen-bond donors (Lipinski definition) is 0. The smallest absolute Gasteiger partial charge is 0.330 e. The second-order valence-corrected chi connectivity index (χ2v) is 11.7. The molecule has 6 nitrogen and oxygen atoms in total. The van der Waals surface area contributed by atoms with Crippen molar-refractivity contribution in [3.8, 4) is 22.6 Å². The van der Waals surface area contributed by atoms with Crippen molar-refractivity contribution in [3.63, 3.8) is 0 Å². The lowest BCUT2D eigenvalue weighted by Gasteiger charge is -2.23. The van der Waals surface area contributed by atoms with Crippen LogP contribution in [0.1, 0.15) is 47.1 Å². The maximum Gasteiger partial charge on any atom is 0.330 e. The number of ether oxygens (including phenoxy) is 3. The third kappa shape index (κ3) is 6.07. The Kier molecular flexibility index (Phi) is 7.83. The van der Waals surface area contributed by atoms with Gasteiger partial charge in [0.25, 0.3) is 0 Å². The second kappa shape index (κ2) is 11.0. The van der Waals surface area contributed by atoms with Crippen LogP contribution in [0.4, 0.5) is 0 Å². The third-order valence-corrected chi connectivity index (χ3v) is 6.39. The van der Waals surface area contributed by atoms with Gasteiger partial charge in [0.05, 0.1) is 17.9 Å². The first-order chi connectivity index (χ1) is 18.8. The Morgan fingerprint density at radius 2 is 1.18 bits per heavy atom. The van der Waals surface area contributed by atoms with Gasteiger partial charge in [0.15, 0.2) is 0 Å². The van der Waals surface area contributed by atoms with Gasteiger partial charge < -0.3 is 14.2 Å². The van der Waals surface area contributed by atoms with Crippen LogP contribution in [-0.2, 0) is 19.1 Å². The van der Waals surface area contributed by atoms with Crippen LogP contribution >= 0.6 is 0 Å². The van der Waals surface area contributed by atoms with Crippen molar-refractivity contribution in [2.75, 3.05) is 7.11 Å². The van der Waals surface area contributed by atoms with Crippen molar-refractivity contribution >= 4 is 45.5 Å². The summed E-state index contributed by atoms with van der Waals surface area (Å²) in [6.45, 7) is 10.8. The summed E-state index contributed by atoms with van der Waals surface area (Å²) in [5, 5.41) is 3.42. The zero-order valence-corrected chi connectivity index (χ0v) is 24.0. The maximum absolute atomic E-state index is 13.1. The summed E-state index contributed by atoms with van der Waals surface area (Å²) in [7, 11) is 1.33. The van der Waals surface area contributed by atoms with Gasteiger partial charge in [-0.3, -0.25) is 9.59 Å². The molecule has 4 aromatic carbocycles. The Hall–Kier alpha value is -4.45. The van der Waals surface area contributed by atoms with E-state index in [1.54, 1.807) is 59.8 Å². The van der Waals surface area contributed by atoms with Crippen LogP contribution in [-0.4, -0.2) is 25.0 Å². The predicted octanol–water partition coefficient (Wildman–Crippen LogP) is 7.75. The first kappa shape index (κ1) is 28.6. The number of methoxy groups -OCH3 is 1. The van der Waals surface area contributed by atoms with Gasteiger partial charge >= 0.3 is 17.9 Å². The molecule has 0 fully saturated rings. The monoisotopic (exact) mass is 538 g/mol. The molecule has 0 unspecified atom stereocenters. The lowest BCUT2D eigenvalue weighted by Crippen LogP contribution is -2.26. The van der Waals surface area contributed by atoms with Crippen molar-refractivity contribution in [3.05, 3.63) is 78.4 Å². The van der Waals surface area contributed by atoms with Crippen LogP contribution < -0.4 is 9.47 Å². The average molecular weight is 539 g/mol. The van der Waals surface area contributed by atoms with Gasteiger partial charge in [-0.25, -0.2) is 4.79 Å². The zero-order valence-electron chi connectivity index (χ0n) is 24.0. The lowest BCUT2D eigenvalue weighted by molar-refractivity contribution is -0.143.